The molecule has 1 aromatic carbocycles. The summed E-state index contributed by atoms with van der Waals surface area (Å²) >= 11 is 0. The van der Waals surface area contributed by atoms with Crippen molar-refractivity contribution in [3.8, 4) is 0 Å². The predicted octanol–water partition coefficient (Wildman–Crippen LogP) is 1.33. The van der Waals surface area contributed by atoms with E-state index in [9.17, 15) is 25.1 Å². The van der Waals surface area contributed by atoms with Gasteiger partial charge in [-0.3, -0.25) is 10.1 Å². The van der Waals surface area contributed by atoms with Crippen LogP contribution in [0.25, 0.3) is 0 Å². The van der Waals surface area contributed by atoms with Gasteiger partial charge in [-0.05, 0) is 26.8 Å². The number of amides is 1. The summed E-state index contributed by atoms with van der Waals surface area (Å²) in [5.74, 6) is 0. The highest BCUT2D eigenvalue weighted by atomic mass is 16.6. The highest BCUT2D eigenvalue weighted by Gasteiger charge is 2.37. The van der Waals surface area contributed by atoms with Crippen LogP contribution in [0.2, 0.25) is 0 Å². The third kappa shape index (κ3) is 4.58. The lowest BCUT2D eigenvalue weighted by atomic mass is 10.1. The summed E-state index contributed by atoms with van der Waals surface area (Å²) < 4.78 is 5.31. The Balaban J connectivity index is 2.24. The molecule has 0 radical (unpaired) electrons. The van der Waals surface area contributed by atoms with E-state index in [2.05, 4.69) is 0 Å². The Kier molecular flexibility index (Phi) is 5.48. The Labute approximate surface area is 145 Å². The number of piperazine rings is 1. The smallest absolute Gasteiger partial charge is 0.410 e. The molecular weight excluding hydrogens is 330 g/mol. The number of rotatable bonds is 3. The van der Waals surface area contributed by atoms with Gasteiger partial charge in [0.1, 0.15) is 11.3 Å². The molecule has 1 amide bonds. The molecule has 1 unspecified atom stereocenters. The molecule has 1 fully saturated rings. The monoisotopic (exact) mass is 353 g/mol. The van der Waals surface area contributed by atoms with Gasteiger partial charge in [-0.15, -0.1) is 0 Å². The molecule has 9 nitrogen and oxygen atoms in total. The number of nitro groups is 1. The molecule has 0 spiro atoms. The van der Waals surface area contributed by atoms with Gasteiger partial charge in [-0.25, -0.2) is 4.79 Å². The maximum atomic E-state index is 12.2. The van der Waals surface area contributed by atoms with Gasteiger partial charge in [0.05, 0.1) is 11.0 Å². The average molecular weight is 353 g/mol. The van der Waals surface area contributed by atoms with Crippen LogP contribution in [-0.2, 0) is 4.74 Å². The molecule has 1 aliphatic heterocycles. The number of para-hydroxylation sites is 2. The van der Waals surface area contributed by atoms with Gasteiger partial charge in [0.25, 0.3) is 5.69 Å². The summed E-state index contributed by atoms with van der Waals surface area (Å²) in [5.41, 5.74) is -0.506. The Hall–Kier alpha value is -2.39. The normalized spacial score (nSPS) is 18.4. The van der Waals surface area contributed by atoms with E-state index in [0.717, 1.165) is 0 Å². The van der Waals surface area contributed by atoms with Crippen molar-refractivity contribution in [2.24, 2.45) is 0 Å². The van der Waals surface area contributed by atoms with E-state index in [4.69, 9.17) is 4.74 Å². The van der Waals surface area contributed by atoms with Crippen LogP contribution in [0, 0.1) is 10.1 Å². The summed E-state index contributed by atoms with van der Waals surface area (Å²) in [4.78, 5) is 25.9. The van der Waals surface area contributed by atoms with Crippen LogP contribution >= 0.6 is 0 Å². The fourth-order valence-electron chi connectivity index (χ4n) is 2.72. The van der Waals surface area contributed by atoms with Crippen LogP contribution in [0.15, 0.2) is 24.3 Å². The summed E-state index contributed by atoms with van der Waals surface area (Å²) in [7, 11) is 0. The maximum Gasteiger partial charge on any atom is 0.410 e. The molecule has 0 aromatic heterocycles. The fraction of sp³-hybridized carbons (Fsp3) is 0.562. The van der Waals surface area contributed by atoms with E-state index in [1.54, 1.807) is 43.9 Å². The molecule has 1 aliphatic rings. The molecule has 1 aromatic rings. The van der Waals surface area contributed by atoms with Gasteiger partial charge in [0, 0.05) is 25.7 Å². The van der Waals surface area contributed by atoms with Crippen molar-refractivity contribution < 1.29 is 24.7 Å². The minimum Gasteiger partial charge on any atom is -0.444 e. The number of hydrogen-bond acceptors (Lipinski definition) is 7. The van der Waals surface area contributed by atoms with Gasteiger partial charge in [-0.1, -0.05) is 12.1 Å². The fourth-order valence-corrected chi connectivity index (χ4v) is 2.72. The number of nitrogens with zero attached hydrogens (tertiary/aromatic N) is 3. The molecule has 2 rings (SSSR count). The number of aliphatic hydroxyl groups excluding tert-OH is 1. The van der Waals surface area contributed by atoms with Gasteiger partial charge >= 0.3 is 6.09 Å². The van der Waals surface area contributed by atoms with Crippen LogP contribution in [0.5, 0.6) is 0 Å². The van der Waals surface area contributed by atoms with E-state index in [1.807, 2.05) is 0 Å². The summed E-state index contributed by atoms with van der Waals surface area (Å²) in [5, 5.41) is 30.7. The number of aliphatic hydroxyl groups is 2. The second-order valence-electron chi connectivity index (χ2n) is 6.85. The SMILES string of the molecule is CC(C)(C)OC(=O)N1CCN(c2ccccc2[N+](=O)[O-])C(C(O)O)C1. The lowest BCUT2D eigenvalue weighted by molar-refractivity contribution is -0.384. The molecule has 25 heavy (non-hydrogen) atoms. The molecule has 0 aliphatic carbocycles. The first-order valence-corrected chi connectivity index (χ1v) is 7.94. The van der Waals surface area contributed by atoms with Crippen molar-refractivity contribution in [1.29, 1.82) is 0 Å². The van der Waals surface area contributed by atoms with Gasteiger partial charge in [-0.2, -0.15) is 0 Å². The van der Waals surface area contributed by atoms with E-state index >= 15 is 0 Å². The zero-order valence-electron chi connectivity index (χ0n) is 14.5. The zero-order valence-corrected chi connectivity index (χ0v) is 14.5. The summed E-state index contributed by atoms with van der Waals surface area (Å²) in [6.07, 6.45) is -2.33. The van der Waals surface area contributed by atoms with E-state index < -0.39 is 28.9 Å². The molecular formula is C16H23N3O6. The maximum absolute atomic E-state index is 12.2. The number of anilines is 1. The van der Waals surface area contributed by atoms with E-state index in [1.165, 1.54) is 11.0 Å². The van der Waals surface area contributed by atoms with Crippen molar-refractivity contribution in [2.45, 2.75) is 38.7 Å². The van der Waals surface area contributed by atoms with E-state index in [-0.39, 0.29) is 31.0 Å². The molecule has 0 saturated carbocycles. The first-order valence-electron chi connectivity index (χ1n) is 7.94. The first kappa shape index (κ1) is 18.9. The quantitative estimate of drug-likeness (QED) is 0.478. The minimum atomic E-state index is -1.77. The topological polar surface area (TPSA) is 116 Å². The largest absolute Gasteiger partial charge is 0.444 e. The summed E-state index contributed by atoms with van der Waals surface area (Å²) in [6, 6.07) is 5.20. The van der Waals surface area contributed by atoms with E-state index in [0.29, 0.717) is 0 Å². The Morgan fingerprint density at radius 2 is 1.96 bits per heavy atom. The second-order valence-corrected chi connectivity index (χ2v) is 6.85. The molecule has 138 valence electrons. The van der Waals surface area contributed by atoms with Crippen LogP contribution in [0.4, 0.5) is 16.2 Å². The van der Waals surface area contributed by atoms with Crippen LogP contribution < -0.4 is 4.90 Å². The first-order chi connectivity index (χ1) is 11.6. The average Bonchev–Trinajstić information content (AvgIpc) is 2.52. The van der Waals surface area contributed by atoms with Crippen molar-refractivity contribution >= 4 is 17.5 Å². The minimum absolute atomic E-state index is 0.0152. The number of benzene rings is 1. The van der Waals surface area contributed by atoms with Gasteiger partial charge < -0.3 is 24.7 Å². The van der Waals surface area contributed by atoms with Crippen molar-refractivity contribution in [3.63, 3.8) is 0 Å². The third-order valence-electron chi connectivity index (χ3n) is 3.80. The number of nitro benzene ring substituents is 1. The predicted molar refractivity (Wildman–Crippen MR) is 90.3 cm³/mol. The van der Waals surface area contributed by atoms with Crippen molar-refractivity contribution in [1.82, 2.24) is 4.90 Å². The van der Waals surface area contributed by atoms with Gasteiger partial charge in [0.15, 0.2) is 6.29 Å². The highest BCUT2D eigenvalue weighted by Crippen LogP contribution is 2.31. The Morgan fingerprint density at radius 3 is 2.52 bits per heavy atom. The van der Waals surface area contributed by atoms with Crippen LogP contribution in [0.3, 0.4) is 0 Å². The molecule has 9 heteroatoms. The van der Waals surface area contributed by atoms with Gasteiger partial charge in [0.2, 0.25) is 0 Å². The molecule has 1 atom stereocenters. The summed E-state index contributed by atoms with van der Waals surface area (Å²) in [6.45, 7) is 5.68. The molecule has 0 bridgehead atoms. The lowest BCUT2D eigenvalue weighted by Gasteiger charge is -2.43. The van der Waals surface area contributed by atoms with Crippen molar-refractivity contribution in [3.05, 3.63) is 34.4 Å². The lowest BCUT2D eigenvalue weighted by Crippen LogP contribution is -2.59. The Bertz CT molecular complexity index is 643. The molecule has 1 heterocycles. The number of carbonyl (C=O) groups is 1. The molecule has 2 N–H and O–H groups in total. The number of carbonyl (C=O) groups excluding carboxylic acids is 1. The Morgan fingerprint density at radius 1 is 1.32 bits per heavy atom. The number of ether oxygens (including phenoxy) is 1. The van der Waals surface area contributed by atoms with Crippen LogP contribution in [0.1, 0.15) is 20.8 Å². The van der Waals surface area contributed by atoms with Crippen LogP contribution in [-0.4, -0.2) is 63.7 Å². The second kappa shape index (κ2) is 7.24. The molecule has 1 saturated heterocycles. The third-order valence-corrected chi connectivity index (χ3v) is 3.80. The van der Waals surface area contributed by atoms with Crippen molar-refractivity contribution in [2.75, 3.05) is 24.5 Å². The zero-order chi connectivity index (χ0) is 18.8. The number of hydrogen-bond donors (Lipinski definition) is 2. The standard InChI is InChI=1S/C16H23N3O6/c1-16(2,3)25-15(22)17-8-9-18(13(10-17)14(20)21)11-6-4-5-7-12(11)19(23)24/h4-7,13-14,20-21H,8-10H2,1-3H3. The highest BCUT2D eigenvalue weighted by molar-refractivity contribution is 5.70.